The summed E-state index contributed by atoms with van der Waals surface area (Å²) in [6, 6.07) is 17.5. The van der Waals surface area contributed by atoms with Crippen molar-refractivity contribution in [3.05, 3.63) is 71.9 Å². The summed E-state index contributed by atoms with van der Waals surface area (Å²) in [5, 5.41) is 1.13. The summed E-state index contributed by atoms with van der Waals surface area (Å²) in [6.45, 7) is 1.23. The minimum absolute atomic E-state index is 0.0160. The molecule has 1 fully saturated rings. The van der Waals surface area contributed by atoms with Crippen molar-refractivity contribution in [1.82, 2.24) is 14.1 Å². The van der Waals surface area contributed by atoms with Crippen molar-refractivity contribution in [1.29, 1.82) is 0 Å². The fraction of sp³-hybridized carbons (Fsp3) is 0.351. The van der Waals surface area contributed by atoms with E-state index in [1.807, 2.05) is 43.6 Å². The third kappa shape index (κ3) is 5.33. The molecule has 1 aliphatic heterocycles. The van der Waals surface area contributed by atoms with Gasteiger partial charge in [-0.3, -0.25) is 9.79 Å². The number of esters is 1. The first-order valence-corrected chi connectivity index (χ1v) is 16.0. The molecular formula is C37H38N4O5. The van der Waals surface area contributed by atoms with Crippen LogP contribution in [0.5, 0.6) is 11.5 Å². The average molecular weight is 619 g/mol. The molecule has 1 aliphatic carbocycles. The van der Waals surface area contributed by atoms with Crippen molar-refractivity contribution in [3.63, 3.8) is 0 Å². The topological polar surface area (TPSA) is 96.9 Å². The lowest BCUT2D eigenvalue weighted by molar-refractivity contribution is 0.0600. The van der Waals surface area contributed by atoms with E-state index in [1.54, 1.807) is 19.2 Å². The number of benzene rings is 3. The molecule has 236 valence electrons. The molecule has 0 radical (unpaired) electrons. The van der Waals surface area contributed by atoms with Gasteiger partial charge in [-0.25, -0.2) is 9.78 Å². The van der Waals surface area contributed by atoms with E-state index in [9.17, 15) is 9.59 Å². The Hall–Kier alpha value is -4.92. The maximum atomic E-state index is 13.2. The van der Waals surface area contributed by atoms with Crippen LogP contribution in [0.4, 0.5) is 5.69 Å². The summed E-state index contributed by atoms with van der Waals surface area (Å²) in [6.07, 6.45) is 9.70. The van der Waals surface area contributed by atoms with E-state index in [4.69, 9.17) is 19.2 Å². The molecule has 2 atom stereocenters. The number of para-hydroxylation sites is 1. The van der Waals surface area contributed by atoms with Crippen molar-refractivity contribution in [2.45, 2.75) is 45.1 Å². The summed E-state index contributed by atoms with van der Waals surface area (Å²) >= 11 is 0. The average Bonchev–Trinajstić information content (AvgIpc) is 3.77. The molecule has 0 saturated heterocycles. The smallest absolute Gasteiger partial charge is 0.337 e. The second-order valence-electron chi connectivity index (χ2n) is 12.2. The number of imidazole rings is 1. The van der Waals surface area contributed by atoms with Crippen LogP contribution in [0, 0.1) is 11.8 Å². The van der Waals surface area contributed by atoms with Crippen LogP contribution in [0.15, 0.2) is 65.8 Å². The normalized spacial score (nSPS) is 17.2. The Bertz CT molecular complexity index is 1990. The molecule has 0 spiro atoms. The van der Waals surface area contributed by atoms with Gasteiger partial charge in [-0.05, 0) is 62.4 Å². The van der Waals surface area contributed by atoms with Crippen LogP contribution in [-0.2, 0) is 18.3 Å². The molecule has 9 heteroatoms. The maximum Gasteiger partial charge on any atom is 0.337 e. The molecule has 0 amide bonds. The van der Waals surface area contributed by atoms with Gasteiger partial charge < -0.3 is 23.3 Å². The number of carbonyl (C=O) groups is 2. The Balaban J connectivity index is 1.07. The lowest BCUT2D eigenvalue weighted by Gasteiger charge is -2.15. The minimum Gasteiger partial charge on any atom is -0.493 e. The van der Waals surface area contributed by atoms with Gasteiger partial charge in [-0.1, -0.05) is 24.6 Å². The van der Waals surface area contributed by atoms with Gasteiger partial charge >= 0.3 is 5.97 Å². The molecule has 46 heavy (non-hydrogen) atoms. The third-order valence-corrected chi connectivity index (χ3v) is 9.45. The minimum atomic E-state index is -0.371. The molecular weight excluding hydrogens is 580 g/mol. The number of hydrogen-bond donors (Lipinski definition) is 0. The maximum absolute atomic E-state index is 13.2. The number of methoxy groups -OCH3 is 2. The zero-order valence-electron chi connectivity index (χ0n) is 26.5. The highest BCUT2D eigenvalue weighted by Crippen LogP contribution is 2.42. The van der Waals surface area contributed by atoms with E-state index in [1.165, 1.54) is 7.11 Å². The standard InChI is InChI=1S/C37H38N4O5/c1-40-22-28(26-11-5-6-13-31(26)40)36-39-29-15-14-23(37(43)45-3)18-32(29)41(36)16-7-4-8-17-46-34-20-30-27(19-33(34)44-2)35(42)25-12-9-10-24(25)21-38-30/h5-6,11,13-15,18-22,24-25H,4,7-10,12,16-17H2,1-3H3/t24-,25?/m0/s1. The van der Waals surface area contributed by atoms with E-state index >= 15 is 0 Å². The lowest BCUT2D eigenvalue weighted by atomic mass is 9.89. The van der Waals surface area contributed by atoms with E-state index in [2.05, 4.69) is 32.5 Å². The predicted molar refractivity (Wildman–Crippen MR) is 179 cm³/mol. The molecule has 0 N–H and O–H groups in total. The number of ketones is 1. The van der Waals surface area contributed by atoms with Crippen molar-refractivity contribution in [2.24, 2.45) is 23.9 Å². The first-order valence-electron chi connectivity index (χ1n) is 16.0. The van der Waals surface area contributed by atoms with Crippen LogP contribution in [0.2, 0.25) is 0 Å². The number of hydrogen-bond acceptors (Lipinski definition) is 7. The second-order valence-corrected chi connectivity index (χ2v) is 12.2. The number of aromatic nitrogens is 3. The Kier molecular flexibility index (Phi) is 8.07. The van der Waals surface area contributed by atoms with E-state index in [0.717, 1.165) is 78.4 Å². The summed E-state index contributed by atoms with van der Waals surface area (Å²) < 4.78 is 21.1. The van der Waals surface area contributed by atoms with Gasteiger partial charge in [-0.15, -0.1) is 0 Å². The number of nitrogens with zero attached hydrogens (tertiary/aromatic N) is 4. The quantitative estimate of drug-likeness (QED) is 0.118. The third-order valence-electron chi connectivity index (χ3n) is 9.45. The van der Waals surface area contributed by atoms with E-state index in [0.29, 0.717) is 34.9 Å². The monoisotopic (exact) mass is 618 g/mol. The van der Waals surface area contributed by atoms with Crippen molar-refractivity contribution < 1.29 is 23.8 Å². The highest BCUT2D eigenvalue weighted by atomic mass is 16.5. The van der Waals surface area contributed by atoms with Gasteiger partial charge in [0.1, 0.15) is 5.82 Å². The van der Waals surface area contributed by atoms with E-state index < -0.39 is 0 Å². The summed E-state index contributed by atoms with van der Waals surface area (Å²) in [4.78, 5) is 35.3. The van der Waals surface area contributed by atoms with Gasteiger partial charge in [0.2, 0.25) is 0 Å². The Labute approximate surface area is 267 Å². The van der Waals surface area contributed by atoms with Gasteiger partial charge in [-0.2, -0.15) is 0 Å². The lowest BCUT2D eigenvalue weighted by Crippen LogP contribution is -2.18. The fourth-order valence-electron chi connectivity index (χ4n) is 7.04. The highest BCUT2D eigenvalue weighted by Gasteiger charge is 2.35. The second kappa shape index (κ2) is 12.5. The van der Waals surface area contributed by atoms with Gasteiger partial charge in [0.15, 0.2) is 17.3 Å². The van der Waals surface area contributed by atoms with Crippen molar-refractivity contribution in [2.75, 3.05) is 20.8 Å². The number of unbranched alkanes of at least 4 members (excludes halogenated alkanes) is 2. The SMILES string of the molecule is COC(=O)c1ccc2nc(-c3cn(C)c4ccccc34)n(CCCCCOc3cc4c(cc3OC)C(=O)C3CCC[C@H]3C=N4)c2c1. The van der Waals surface area contributed by atoms with E-state index in [-0.39, 0.29) is 23.6 Å². The first kappa shape index (κ1) is 29.8. The highest BCUT2D eigenvalue weighted by molar-refractivity contribution is 6.06. The Morgan fingerprint density at radius 2 is 1.83 bits per heavy atom. The van der Waals surface area contributed by atoms with Gasteiger partial charge in [0.25, 0.3) is 0 Å². The molecule has 3 aromatic carbocycles. The van der Waals surface area contributed by atoms with Crippen LogP contribution in [0.25, 0.3) is 33.3 Å². The van der Waals surface area contributed by atoms with Gasteiger partial charge in [0.05, 0.1) is 43.1 Å². The molecule has 1 saturated carbocycles. The van der Waals surface area contributed by atoms with Crippen LogP contribution < -0.4 is 9.47 Å². The number of carbonyl (C=O) groups excluding carboxylic acids is 2. The van der Waals surface area contributed by atoms with Crippen LogP contribution in [-0.4, -0.2) is 52.9 Å². The molecule has 2 aromatic heterocycles. The van der Waals surface area contributed by atoms with Crippen LogP contribution >= 0.6 is 0 Å². The Morgan fingerprint density at radius 3 is 2.67 bits per heavy atom. The zero-order valence-corrected chi connectivity index (χ0v) is 26.5. The molecule has 7 rings (SSSR count). The molecule has 1 unspecified atom stereocenters. The number of rotatable bonds is 10. The summed E-state index contributed by atoms with van der Waals surface area (Å²) in [7, 11) is 5.04. The fourth-order valence-corrected chi connectivity index (χ4v) is 7.04. The molecule has 3 heterocycles. The molecule has 2 aliphatic rings. The molecule has 0 bridgehead atoms. The zero-order chi connectivity index (χ0) is 31.8. The number of aliphatic imine (C=N–C) groups is 1. The first-order chi connectivity index (χ1) is 22.5. The van der Waals surface area contributed by atoms with Crippen molar-refractivity contribution >= 4 is 45.6 Å². The number of ether oxygens (including phenoxy) is 3. The summed E-state index contributed by atoms with van der Waals surface area (Å²) in [5.74, 6) is 2.06. The molecule has 9 nitrogen and oxygen atoms in total. The van der Waals surface area contributed by atoms with Gasteiger partial charge in [0, 0.05) is 65.9 Å². The number of Topliss-reactive ketones (excluding diaryl/α,β-unsaturated/α-hetero) is 1. The predicted octanol–water partition coefficient (Wildman–Crippen LogP) is 7.55. The largest absolute Gasteiger partial charge is 0.493 e. The van der Waals surface area contributed by atoms with Crippen LogP contribution in [0.3, 0.4) is 0 Å². The van der Waals surface area contributed by atoms with Crippen molar-refractivity contribution in [3.8, 4) is 22.9 Å². The number of aryl methyl sites for hydroxylation is 2. The Morgan fingerprint density at radius 1 is 0.957 bits per heavy atom. The molecule has 5 aromatic rings. The summed E-state index contributed by atoms with van der Waals surface area (Å²) in [5.41, 5.74) is 5.70. The number of fused-ring (bicyclic) bond motifs is 4. The van der Waals surface area contributed by atoms with Crippen LogP contribution in [0.1, 0.15) is 59.2 Å².